The molecule has 0 saturated carbocycles. The number of methoxy groups -OCH3 is 2. The van der Waals surface area contributed by atoms with Gasteiger partial charge in [-0.3, -0.25) is 0 Å². The number of hydrogen-bond acceptors (Lipinski definition) is 4. The summed E-state index contributed by atoms with van der Waals surface area (Å²) < 4.78 is 53.3. The van der Waals surface area contributed by atoms with Gasteiger partial charge in [-0.1, -0.05) is 24.6 Å². The van der Waals surface area contributed by atoms with Crippen LogP contribution in [0.3, 0.4) is 0 Å². The number of rotatable bonds is 10. The summed E-state index contributed by atoms with van der Waals surface area (Å²) in [5.41, 5.74) is 1.81. The van der Waals surface area contributed by atoms with Gasteiger partial charge in [0.15, 0.2) is 11.5 Å². The van der Waals surface area contributed by atoms with E-state index in [0.717, 1.165) is 11.1 Å². The van der Waals surface area contributed by atoms with Gasteiger partial charge >= 0.3 is 0 Å². The second-order valence-electron chi connectivity index (χ2n) is 5.89. The highest BCUT2D eigenvalue weighted by molar-refractivity contribution is 5.42. The van der Waals surface area contributed by atoms with Crippen molar-refractivity contribution in [3.63, 3.8) is 0 Å². The molecule has 2 aromatic rings. The van der Waals surface area contributed by atoms with Crippen LogP contribution in [0, 0.1) is 6.92 Å². The van der Waals surface area contributed by atoms with E-state index >= 15 is 0 Å². The molecule has 0 spiro atoms. The first-order valence-corrected chi connectivity index (χ1v) is 8.30. The van der Waals surface area contributed by atoms with Crippen molar-refractivity contribution in [1.82, 2.24) is 0 Å². The van der Waals surface area contributed by atoms with Crippen LogP contribution in [0.5, 0.6) is 17.2 Å². The second kappa shape index (κ2) is 9.94. The van der Waals surface area contributed by atoms with Crippen LogP contribution in [-0.4, -0.2) is 31.9 Å². The molecule has 0 fully saturated rings. The van der Waals surface area contributed by atoms with Crippen molar-refractivity contribution in [1.29, 1.82) is 0 Å². The van der Waals surface area contributed by atoms with Gasteiger partial charge in [-0.15, -0.1) is 0 Å². The summed E-state index contributed by atoms with van der Waals surface area (Å²) in [7, 11) is -1.13. The van der Waals surface area contributed by atoms with Gasteiger partial charge < -0.3 is 19.3 Å². The lowest BCUT2D eigenvalue weighted by Crippen LogP contribution is -2.17. The number of aliphatic hydroxyl groups is 1. The molecule has 1 N–H and O–H groups in total. The first-order chi connectivity index (χ1) is 14.0. The van der Waals surface area contributed by atoms with Gasteiger partial charge in [-0.25, -0.2) is 0 Å². The van der Waals surface area contributed by atoms with Gasteiger partial charge in [-0.05, 0) is 61.6 Å². The molecule has 1 atom stereocenters. The normalized spacial score (nSPS) is 15.9. The summed E-state index contributed by atoms with van der Waals surface area (Å²) in [5.74, 6) is 0.865. The van der Waals surface area contributed by atoms with E-state index in [9.17, 15) is 5.11 Å². The van der Waals surface area contributed by atoms with Crippen molar-refractivity contribution in [2.24, 2.45) is 0 Å². The van der Waals surface area contributed by atoms with Gasteiger partial charge in [0, 0.05) is 0 Å². The Morgan fingerprint density at radius 2 is 2.00 bits per heavy atom. The Hall–Kier alpha value is -2.20. The first kappa shape index (κ1) is 13.1. The predicted molar refractivity (Wildman–Crippen MR) is 99.8 cm³/mol. The van der Waals surface area contributed by atoms with Gasteiger partial charge in [0.2, 0.25) is 0 Å². The van der Waals surface area contributed by atoms with Crippen molar-refractivity contribution < 1.29 is 26.2 Å². The molecule has 0 radical (unpaired) electrons. The molecule has 0 bridgehead atoms. The molecule has 4 heteroatoms. The van der Waals surface area contributed by atoms with E-state index in [0.29, 0.717) is 30.8 Å². The zero-order valence-corrected chi connectivity index (χ0v) is 14.6. The van der Waals surface area contributed by atoms with Crippen LogP contribution in [0.15, 0.2) is 42.5 Å². The monoisotopic (exact) mass is 349 g/mol. The highest BCUT2D eigenvalue weighted by atomic mass is 16.5. The summed E-state index contributed by atoms with van der Waals surface area (Å²) >= 11 is 0. The Morgan fingerprint density at radius 1 is 1.12 bits per heavy atom. The first-order valence-electron chi connectivity index (χ1n) is 10.8. The topological polar surface area (TPSA) is 47.9 Å². The number of benzene rings is 2. The van der Waals surface area contributed by atoms with E-state index < -0.39 is 19.7 Å². The van der Waals surface area contributed by atoms with Crippen molar-refractivity contribution in [2.75, 3.05) is 20.7 Å². The Balaban J connectivity index is 1.87. The molecule has 0 saturated heterocycles. The average molecular weight is 349 g/mol. The van der Waals surface area contributed by atoms with Crippen LogP contribution in [0.25, 0.3) is 0 Å². The number of ether oxygens (including phenoxy) is 3. The van der Waals surface area contributed by atoms with Crippen LogP contribution in [-0.2, 0) is 6.42 Å². The Kier molecular flexibility index (Phi) is 5.20. The number of unbranched alkanes of at least 4 members (excludes halogenated alkanes) is 1. The lowest BCUT2D eigenvalue weighted by atomic mass is 10.0. The molecule has 25 heavy (non-hydrogen) atoms. The van der Waals surface area contributed by atoms with E-state index in [2.05, 4.69) is 0 Å². The minimum absolute atomic E-state index is 0.151. The minimum Gasteiger partial charge on any atom is -0.493 e. The molecule has 1 unspecified atom stereocenters. The molecule has 0 aliphatic rings. The van der Waals surface area contributed by atoms with Crippen molar-refractivity contribution in [3.05, 3.63) is 53.6 Å². The van der Waals surface area contributed by atoms with Crippen LogP contribution in [0.2, 0.25) is 0 Å². The van der Waals surface area contributed by atoms with E-state index in [-0.39, 0.29) is 12.2 Å². The van der Waals surface area contributed by atoms with Crippen LogP contribution >= 0.6 is 0 Å². The maximum atomic E-state index is 10.2. The number of aliphatic hydroxyl groups excluding tert-OH is 1. The molecule has 0 amide bonds. The predicted octanol–water partition coefficient (Wildman–Crippen LogP) is 4.16. The maximum Gasteiger partial charge on any atom is 0.160 e. The van der Waals surface area contributed by atoms with E-state index in [1.165, 1.54) is 7.11 Å². The van der Waals surface area contributed by atoms with Crippen molar-refractivity contribution >= 4 is 0 Å². The third-order valence-electron chi connectivity index (χ3n) is 3.83. The number of hydrogen-bond donors (Lipinski definition) is 1. The minimum atomic E-state index is -2.57. The van der Waals surface area contributed by atoms with Crippen LogP contribution < -0.4 is 14.2 Å². The fourth-order valence-corrected chi connectivity index (χ4v) is 2.50. The molecule has 0 heterocycles. The molecule has 0 aliphatic carbocycles. The van der Waals surface area contributed by atoms with Gasteiger partial charge in [0.1, 0.15) is 12.3 Å². The Bertz CT molecular complexity index is 823. The fourth-order valence-electron chi connectivity index (χ4n) is 2.50. The zero-order valence-electron chi connectivity index (χ0n) is 19.6. The maximum absolute atomic E-state index is 10.2. The molecule has 2 rings (SSSR count). The highest BCUT2D eigenvalue weighted by Gasteiger charge is 2.07. The van der Waals surface area contributed by atoms with Gasteiger partial charge in [-0.2, -0.15) is 0 Å². The van der Waals surface area contributed by atoms with Crippen LogP contribution in [0.4, 0.5) is 0 Å². The van der Waals surface area contributed by atoms with E-state index in [1.807, 2.05) is 19.1 Å². The quantitative estimate of drug-likeness (QED) is 0.654. The molecule has 136 valence electrons. The molecular formula is C21H28O4. The summed E-state index contributed by atoms with van der Waals surface area (Å²) in [6.07, 6.45) is 0.822. The third-order valence-corrected chi connectivity index (χ3v) is 3.83. The zero-order chi connectivity index (χ0) is 22.4. The van der Waals surface area contributed by atoms with Crippen molar-refractivity contribution in [2.45, 2.75) is 38.7 Å². The van der Waals surface area contributed by atoms with Crippen molar-refractivity contribution in [3.8, 4) is 17.2 Å². The lowest BCUT2D eigenvalue weighted by Gasteiger charge is -2.13. The lowest BCUT2D eigenvalue weighted by molar-refractivity contribution is 0.0976. The molecule has 0 aromatic heterocycles. The smallest absolute Gasteiger partial charge is 0.160 e. The average Bonchev–Trinajstić information content (AvgIpc) is 2.63. The summed E-state index contributed by atoms with van der Waals surface area (Å²) in [6, 6.07) is 12.1. The number of aryl methyl sites for hydroxylation is 2. The molecule has 0 aliphatic heterocycles. The van der Waals surface area contributed by atoms with Crippen LogP contribution in [0.1, 0.15) is 37.2 Å². The van der Waals surface area contributed by atoms with E-state index in [1.54, 1.807) is 30.3 Å². The summed E-state index contributed by atoms with van der Waals surface area (Å²) in [6.45, 7) is -0.318. The summed E-state index contributed by atoms with van der Waals surface area (Å²) in [4.78, 5) is 0. The molecule has 2 aromatic carbocycles. The SMILES string of the molecule is [2H]C([2H])([2H])Oc1cc(CCCCC(O)C([2H])([2H])Oc2cccc(C)c2)ccc1OC. The Labute approximate surface area is 157 Å². The fraction of sp³-hybridized carbons (Fsp3) is 0.429. The summed E-state index contributed by atoms with van der Waals surface area (Å²) in [5, 5.41) is 10.2. The van der Waals surface area contributed by atoms with E-state index in [4.69, 9.17) is 21.1 Å². The standard InChI is InChI=1S/C21H28O4/c1-16-7-6-10-19(13-16)25-15-18(22)9-5-4-8-17-11-12-20(23-2)21(14-17)24-3/h6-7,10-14,18,22H,4-5,8-9,15H2,1-3H3/i3D3,15D2. The highest BCUT2D eigenvalue weighted by Crippen LogP contribution is 2.28. The molecule has 4 nitrogen and oxygen atoms in total. The third kappa shape index (κ3) is 6.31. The van der Waals surface area contributed by atoms with Gasteiger partial charge in [0.05, 0.1) is 27.1 Å². The Morgan fingerprint density at radius 3 is 2.76 bits per heavy atom. The molecular weight excluding hydrogens is 316 g/mol. The second-order valence-corrected chi connectivity index (χ2v) is 5.89. The van der Waals surface area contributed by atoms with Gasteiger partial charge in [0.25, 0.3) is 0 Å². The largest absolute Gasteiger partial charge is 0.493 e.